The highest BCUT2D eigenvalue weighted by molar-refractivity contribution is 5.90. The van der Waals surface area contributed by atoms with Crippen LogP contribution in [0.25, 0.3) is 16.7 Å². The van der Waals surface area contributed by atoms with Crippen LogP contribution in [0.15, 0.2) is 30.5 Å². The van der Waals surface area contributed by atoms with Crippen LogP contribution in [0.3, 0.4) is 0 Å². The van der Waals surface area contributed by atoms with E-state index in [-0.39, 0.29) is 11.6 Å². The molecule has 7 nitrogen and oxygen atoms in total. The van der Waals surface area contributed by atoms with Crippen LogP contribution in [0, 0.1) is 0 Å². The first-order valence-corrected chi connectivity index (χ1v) is 6.49. The molecule has 0 aliphatic rings. The monoisotopic (exact) mass is 283 g/mol. The molecule has 0 fully saturated rings. The average molecular weight is 283 g/mol. The Labute approximate surface area is 120 Å². The van der Waals surface area contributed by atoms with E-state index in [9.17, 15) is 9.90 Å². The molecule has 2 heterocycles. The summed E-state index contributed by atoms with van der Waals surface area (Å²) in [4.78, 5) is 19.8. The molecule has 1 aromatic carbocycles. The summed E-state index contributed by atoms with van der Waals surface area (Å²) in [6, 6.07) is 7.31. The van der Waals surface area contributed by atoms with E-state index in [1.807, 2.05) is 38.1 Å². The number of hydrogen-bond acceptors (Lipinski definition) is 5. The van der Waals surface area contributed by atoms with Gasteiger partial charge in [0, 0.05) is 5.92 Å². The number of carbonyl (C=O) groups is 1. The summed E-state index contributed by atoms with van der Waals surface area (Å²) in [5.74, 6) is -0.584. The molecule has 3 aromatic rings. The minimum absolute atomic E-state index is 0.0460. The zero-order chi connectivity index (χ0) is 15.0. The summed E-state index contributed by atoms with van der Waals surface area (Å²) in [6.07, 6.45) is 1.48. The van der Waals surface area contributed by atoms with Gasteiger partial charge in [-0.2, -0.15) is 0 Å². The molecule has 0 aliphatic heterocycles. The van der Waals surface area contributed by atoms with E-state index >= 15 is 0 Å². The molecular weight excluding hydrogens is 270 g/mol. The standard InChI is InChI=1S/C14H13N5O2/c1-8(2)13-15-7-11(12(16-13)14(20)21)19-10-6-4-3-5-9(10)17-18-19/h3-8H,1-2H3,(H,20,21). The van der Waals surface area contributed by atoms with Gasteiger partial charge in [0.05, 0.1) is 11.7 Å². The molecule has 2 aromatic heterocycles. The van der Waals surface area contributed by atoms with Crippen LogP contribution in [0.4, 0.5) is 0 Å². The molecule has 0 saturated heterocycles. The van der Waals surface area contributed by atoms with Gasteiger partial charge >= 0.3 is 5.97 Å². The van der Waals surface area contributed by atoms with E-state index in [1.165, 1.54) is 10.9 Å². The first-order chi connectivity index (χ1) is 10.1. The van der Waals surface area contributed by atoms with Crippen molar-refractivity contribution in [2.24, 2.45) is 0 Å². The highest BCUT2D eigenvalue weighted by atomic mass is 16.4. The first-order valence-electron chi connectivity index (χ1n) is 6.49. The fourth-order valence-corrected chi connectivity index (χ4v) is 2.03. The number of para-hydroxylation sites is 1. The van der Waals surface area contributed by atoms with Crippen LogP contribution in [-0.2, 0) is 0 Å². The van der Waals surface area contributed by atoms with Gasteiger partial charge in [-0.15, -0.1) is 5.10 Å². The van der Waals surface area contributed by atoms with Crippen molar-refractivity contribution < 1.29 is 9.90 Å². The average Bonchev–Trinajstić information content (AvgIpc) is 2.90. The highest BCUT2D eigenvalue weighted by Crippen LogP contribution is 2.19. The Morgan fingerprint density at radius 1 is 1.29 bits per heavy atom. The zero-order valence-electron chi connectivity index (χ0n) is 11.6. The second-order valence-corrected chi connectivity index (χ2v) is 4.91. The molecular formula is C14H13N5O2. The lowest BCUT2D eigenvalue weighted by atomic mass is 10.2. The predicted octanol–water partition coefficient (Wildman–Crippen LogP) is 2.03. The van der Waals surface area contributed by atoms with Gasteiger partial charge in [0.1, 0.15) is 17.0 Å². The number of benzene rings is 1. The Morgan fingerprint density at radius 3 is 2.76 bits per heavy atom. The zero-order valence-corrected chi connectivity index (χ0v) is 11.6. The number of fused-ring (bicyclic) bond motifs is 1. The normalized spacial score (nSPS) is 11.2. The second kappa shape index (κ2) is 4.93. The maximum absolute atomic E-state index is 11.5. The van der Waals surface area contributed by atoms with Gasteiger partial charge in [0.2, 0.25) is 0 Å². The Morgan fingerprint density at radius 2 is 2.05 bits per heavy atom. The molecule has 1 N–H and O–H groups in total. The third kappa shape index (κ3) is 2.22. The van der Waals surface area contributed by atoms with Crippen LogP contribution >= 0.6 is 0 Å². The number of carboxylic acid groups (broad SMARTS) is 1. The number of rotatable bonds is 3. The van der Waals surface area contributed by atoms with Gasteiger partial charge < -0.3 is 5.11 Å². The smallest absolute Gasteiger partial charge is 0.356 e. The molecule has 3 rings (SSSR count). The maximum Gasteiger partial charge on any atom is 0.356 e. The molecule has 7 heteroatoms. The van der Waals surface area contributed by atoms with E-state index in [2.05, 4.69) is 20.3 Å². The Hall–Kier alpha value is -2.83. The van der Waals surface area contributed by atoms with Crippen molar-refractivity contribution >= 4 is 17.0 Å². The number of hydrogen-bond donors (Lipinski definition) is 1. The number of carboxylic acids is 1. The minimum Gasteiger partial charge on any atom is -0.476 e. The van der Waals surface area contributed by atoms with Gasteiger partial charge in [0.25, 0.3) is 0 Å². The molecule has 0 radical (unpaired) electrons. The maximum atomic E-state index is 11.5. The van der Waals surface area contributed by atoms with Crippen LogP contribution in [-0.4, -0.2) is 36.0 Å². The SMILES string of the molecule is CC(C)c1ncc(-n2nnc3ccccc32)c(C(=O)O)n1. The van der Waals surface area contributed by atoms with Crippen LogP contribution < -0.4 is 0 Å². The van der Waals surface area contributed by atoms with Gasteiger partial charge in [-0.3, -0.25) is 0 Å². The van der Waals surface area contributed by atoms with Crippen molar-refractivity contribution in [2.45, 2.75) is 19.8 Å². The van der Waals surface area contributed by atoms with E-state index in [1.54, 1.807) is 0 Å². The summed E-state index contributed by atoms with van der Waals surface area (Å²) in [6.45, 7) is 3.82. The lowest BCUT2D eigenvalue weighted by Crippen LogP contribution is -2.13. The van der Waals surface area contributed by atoms with E-state index in [4.69, 9.17) is 0 Å². The third-order valence-corrected chi connectivity index (χ3v) is 3.09. The summed E-state index contributed by atoms with van der Waals surface area (Å²) >= 11 is 0. The molecule has 0 unspecified atom stereocenters. The van der Waals surface area contributed by atoms with E-state index < -0.39 is 5.97 Å². The predicted molar refractivity (Wildman–Crippen MR) is 75.5 cm³/mol. The van der Waals surface area contributed by atoms with Crippen molar-refractivity contribution in [1.29, 1.82) is 0 Å². The molecule has 0 bridgehead atoms. The molecule has 21 heavy (non-hydrogen) atoms. The molecule has 0 amide bonds. The first kappa shape index (κ1) is 13.2. The lowest BCUT2D eigenvalue weighted by Gasteiger charge is -2.09. The van der Waals surface area contributed by atoms with Crippen molar-refractivity contribution in [3.63, 3.8) is 0 Å². The van der Waals surface area contributed by atoms with E-state index in [0.717, 1.165) is 0 Å². The Balaban J connectivity index is 2.24. The van der Waals surface area contributed by atoms with Gasteiger partial charge in [-0.25, -0.2) is 19.4 Å². The molecule has 0 saturated carbocycles. The summed E-state index contributed by atoms with van der Waals surface area (Å²) < 4.78 is 1.45. The molecule has 0 aliphatic carbocycles. The highest BCUT2D eigenvalue weighted by Gasteiger charge is 2.19. The molecule has 106 valence electrons. The van der Waals surface area contributed by atoms with Gasteiger partial charge in [-0.1, -0.05) is 31.2 Å². The fourth-order valence-electron chi connectivity index (χ4n) is 2.03. The largest absolute Gasteiger partial charge is 0.476 e. The van der Waals surface area contributed by atoms with Crippen LogP contribution in [0.5, 0.6) is 0 Å². The minimum atomic E-state index is -1.12. The number of aromatic nitrogens is 5. The third-order valence-electron chi connectivity index (χ3n) is 3.09. The van der Waals surface area contributed by atoms with E-state index in [0.29, 0.717) is 22.5 Å². The van der Waals surface area contributed by atoms with Crippen molar-refractivity contribution in [3.8, 4) is 5.69 Å². The van der Waals surface area contributed by atoms with Gasteiger partial charge in [-0.05, 0) is 12.1 Å². The topological polar surface area (TPSA) is 93.8 Å². The molecule has 0 spiro atoms. The number of nitrogens with zero attached hydrogens (tertiary/aromatic N) is 5. The number of aromatic carboxylic acids is 1. The van der Waals surface area contributed by atoms with Crippen molar-refractivity contribution in [3.05, 3.63) is 42.0 Å². The lowest BCUT2D eigenvalue weighted by molar-refractivity contribution is 0.0689. The van der Waals surface area contributed by atoms with Crippen molar-refractivity contribution in [1.82, 2.24) is 25.0 Å². The summed E-state index contributed by atoms with van der Waals surface area (Å²) in [5.41, 5.74) is 1.62. The van der Waals surface area contributed by atoms with Gasteiger partial charge in [0.15, 0.2) is 5.69 Å². The summed E-state index contributed by atoms with van der Waals surface area (Å²) in [7, 11) is 0. The summed E-state index contributed by atoms with van der Waals surface area (Å²) in [5, 5.41) is 17.4. The Kier molecular flexibility index (Phi) is 3.09. The fraction of sp³-hybridized carbons (Fsp3) is 0.214. The quantitative estimate of drug-likeness (QED) is 0.790. The van der Waals surface area contributed by atoms with Crippen LogP contribution in [0.1, 0.15) is 36.1 Å². The molecule has 0 atom stereocenters. The Bertz CT molecular complexity index is 825. The van der Waals surface area contributed by atoms with Crippen molar-refractivity contribution in [2.75, 3.05) is 0 Å². The van der Waals surface area contributed by atoms with Crippen LogP contribution in [0.2, 0.25) is 0 Å². The second-order valence-electron chi connectivity index (χ2n) is 4.91.